The van der Waals surface area contributed by atoms with E-state index in [0.29, 0.717) is 0 Å². The number of benzene rings is 1. The van der Waals surface area contributed by atoms with Gasteiger partial charge in [-0.05, 0) is 56.0 Å². The zero-order valence-electron chi connectivity index (χ0n) is 10.5. The van der Waals surface area contributed by atoms with Crippen molar-refractivity contribution in [2.75, 3.05) is 19.0 Å². The van der Waals surface area contributed by atoms with Gasteiger partial charge in [0, 0.05) is 22.3 Å². The molecule has 98 valence electrons. The third kappa shape index (κ3) is 2.23. The molecule has 0 saturated carbocycles. The summed E-state index contributed by atoms with van der Waals surface area (Å²) < 4.78 is 1.31. The van der Waals surface area contributed by atoms with E-state index in [1.807, 2.05) is 0 Å². The van der Waals surface area contributed by atoms with Crippen molar-refractivity contribution in [2.24, 2.45) is 0 Å². The van der Waals surface area contributed by atoms with E-state index >= 15 is 0 Å². The van der Waals surface area contributed by atoms with Crippen molar-refractivity contribution in [1.82, 2.24) is 4.90 Å². The smallest absolute Gasteiger partial charge is 0.0235 e. The third-order valence-electron chi connectivity index (χ3n) is 4.46. The molecule has 1 aromatic carbocycles. The number of rotatable bonds is 3. The van der Waals surface area contributed by atoms with Crippen LogP contribution in [-0.4, -0.2) is 29.9 Å². The maximum Gasteiger partial charge on any atom is 0.0235 e. The van der Waals surface area contributed by atoms with E-state index in [2.05, 4.69) is 39.0 Å². The van der Waals surface area contributed by atoms with Crippen molar-refractivity contribution >= 4 is 27.5 Å². The number of hydrogen-bond donors (Lipinski definition) is 0. The summed E-state index contributed by atoms with van der Waals surface area (Å²) in [7, 11) is 0. The van der Waals surface area contributed by atoms with Gasteiger partial charge in [-0.2, -0.15) is 0 Å². The molecule has 0 unspecified atom stereocenters. The molecule has 2 aliphatic rings. The molecular formula is C15H19BrClN. The van der Waals surface area contributed by atoms with Gasteiger partial charge >= 0.3 is 0 Å². The summed E-state index contributed by atoms with van der Waals surface area (Å²) >= 11 is 9.58. The Bertz CT molecular complexity index is 435. The molecule has 1 nitrogen and oxygen atoms in total. The summed E-state index contributed by atoms with van der Waals surface area (Å²) in [5.41, 5.74) is 3.15. The molecule has 1 fully saturated rings. The van der Waals surface area contributed by atoms with E-state index in [1.165, 1.54) is 36.8 Å². The fraction of sp³-hybridized carbons (Fsp3) is 0.600. The van der Waals surface area contributed by atoms with E-state index in [4.69, 9.17) is 11.6 Å². The lowest BCUT2D eigenvalue weighted by Crippen LogP contribution is -2.36. The molecule has 0 N–H and O–H groups in total. The number of aryl methyl sites for hydroxylation is 1. The van der Waals surface area contributed by atoms with Crippen LogP contribution in [0.5, 0.6) is 0 Å². The zero-order chi connectivity index (χ0) is 12.5. The zero-order valence-corrected chi connectivity index (χ0v) is 12.9. The second-order valence-corrected chi connectivity index (χ2v) is 6.62. The minimum absolute atomic E-state index is 0.736. The van der Waals surface area contributed by atoms with Gasteiger partial charge in [0.1, 0.15) is 0 Å². The normalized spacial score (nSPS) is 27.0. The summed E-state index contributed by atoms with van der Waals surface area (Å²) in [6.07, 6.45) is 4.97. The van der Waals surface area contributed by atoms with Gasteiger partial charge in [0.05, 0.1) is 0 Å². The molecule has 1 heterocycles. The molecule has 0 spiro atoms. The predicted molar refractivity (Wildman–Crippen MR) is 80.5 cm³/mol. The summed E-state index contributed by atoms with van der Waals surface area (Å²) in [6.45, 7) is 2.41. The number of hydrogen-bond acceptors (Lipinski definition) is 1. The van der Waals surface area contributed by atoms with Crippen LogP contribution in [0, 0.1) is 0 Å². The van der Waals surface area contributed by atoms with Crippen LogP contribution in [-0.2, 0) is 6.42 Å². The minimum atomic E-state index is 0.736. The van der Waals surface area contributed by atoms with Crippen LogP contribution in [0.25, 0.3) is 0 Å². The van der Waals surface area contributed by atoms with Gasteiger partial charge in [0.2, 0.25) is 0 Å². The predicted octanol–water partition coefficient (Wildman–Crippen LogP) is 4.18. The molecule has 0 bridgehead atoms. The van der Waals surface area contributed by atoms with E-state index < -0.39 is 0 Å². The lowest BCUT2D eigenvalue weighted by Gasteiger charge is -2.34. The van der Waals surface area contributed by atoms with Crippen LogP contribution in [0.3, 0.4) is 0 Å². The van der Waals surface area contributed by atoms with Crippen LogP contribution >= 0.6 is 27.5 Å². The molecule has 3 rings (SSSR count). The first-order valence-electron chi connectivity index (χ1n) is 6.88. The first-order valence-corrected chi connectivity index (χ1v) is 8.21. The maximum absolute atomic E-state index is 5.83. The van der Waals surface area contributed by atoms with Crippen LogP contribution < -0.4 is 0 Å². The number of alkyl halides is 1. The van der Waals surface area contributed by atoms with E-state index in [0.717, 1.165) is 24.3 Å². The SMILES string of the molecule is ClCCCN1CC[C@H]2c3c(Br)cccc3CC[C@H]21. The van der Waals surface area contributed by atoms with Gasteiger partial charge in [0.25, 0.3) is 0 Å². The van der Waals surface area contributed by atoms with Crippen LogP contribution in [0.4, 0.5) is 0 Å². The topological polar surface area (TPSA) is 3.24 Å². The Morgan fingerprint density at radius 3 is 3.06 bits per heavy atom. The van der Waals surface area contributed by atoms with Crippen LogP contribution in [0.1, 0.15) is 36.3 Å². The number of nitrogens with zero attached hydrogens (tertiary/aromatic N) is 1. The fourth-order valence-electron chi connectivity index (χ4n) is 3.70. The minimum Gasteiger partial charge on any atom is -0.300 e. The third-order valence-corrected chi connectivity index (χ3v) is 5.42. The van der Waals surface area contributed by atoms with Crippen molar-refractivity contribution < 1.29 is 0 Å². The largest absolute Gasteiger partial charge is 0.300 e. The lowest BCUT2D eigenvalue weighted by molar-refractivity contribution is 0.228. The second-order valence-electron chi connectivity index (χ2n) is 5.39. The average molecular weight is 329 g/mol. The van der Waals surface area contributed by atoms with Gasteiger partial charge in [-0.1, -0.05) is 28.1 Å². The Morgan fingerprint density at radius 1 is 1.33 bits per heavy atom. The Hall–Kier alpha value is -0.0500. The van der Waals surface area contributed by atoms with E-state index in [1.54, 1.807) is 11.1 Å². The van der Waals surface area contributed by atoms with Crippen LogP contribution in [0.2, 0.25) is 0 Å². The Morgan fingerprint density at radius 2 is 2.22 bits per heavy atom. The van der Waals surface area contributed by atoms with Crippen molar-refractivity contribution in [2.45, 2.75) is 37.6 Å². The first kappa shape index (κ1) is 13.0. The Kier molecular flexibility index (Phi) is 3.97. The van der Waals surface area contributed by atoms with Crippen molar-refractivity contribution in [3.63, 3.8) is 0 Å². The summed E-state index contributed by atoms with van der Waals surface area (Å²) in [5.74, 6) is 1.52. The monoisotopic (exact) mass is 327 g/mol. The Balaban J connectivity index is 1.84. The molecule has 0 radical (unpaired) electrons. The maximum atomic E-state index is 5.83. The number of halogens is 2. The van der Waals surface area contributed by atoms with Gasteiger partial charge < -0.3 is 0 Å². The fourth-order valence-corrected chi connectivity index (χ4v) is 4.52. The molecule has 18 heavy (non-hydrogen) atoms. The summed E-state index contributed by atoms with van der Waals surface area (Å²) in [5, 5.41) is 0. The van der Waals surface area contributed by atoms with Gasteiger partial charge in [0.15, 0.2) is 0 Å². The molecule has 1 aliphatic carbocycles. The van der Waals surface area contributed by atoms with Gasteiger partial charge in [-0.15, -0.1) is 11.6 Å². The molecule has 1 aliphatic heterocycles. The molecule has 3 heteroatoms. The molecule has 2 atom stereocenters. The lowest BCUT2D eigenvalue weighted by atomic mass is 9.79. The summed E-state index contributed by atoms with van der Waals surface area (Å²) in [4.78, 5) is 2.66. The molecule has 1 aromatic rings. The average Bonchev–Trinajstić information content (AvgIpc) is 2.79. The van der Waals surface area contributed by atoms with Crippen molar-refractivity contribution in [1.29, 1.82) is 0 Å². The number of likely N-dealkylation sites (tertiary alicyclic amines) is 1. The van der Waals surface area contributed by atoms with E-state index in [-0.39, 0.29) is 0 Å². The highest BCUT2D eigenvalue weighted by Crippen LogP contribution is 2.44. The highest BCUT2D eigenvalue weighted by atomic mass is 79.9. The molecule has 1 saturated heterocycles. The molecular weight excluding hydrogens is 310 g/mol. The highest BCUT2D eigenvalue weighted by molar-refractivity contribution is 9.10. The second kappa shape index (κ2) is 5.52. The quantitative estimate of drug-likeness (QED) is 0.752. The Labute approximate surface area is 123 Å². The molecule has 0 aromatic heterocycles. The van der Waals surface area contributed by atoms with Crippen LogP contribution in [0.15, 0.2) is 22.7 Å². The van der Waals surface area contributed by atoms with Gasteiger partial charge in [-0.3, -0.25) is 4.90 Å². The standard InChI is InChI=1S/C15H19BrClN/c16-13-4-1-3-11-5-6-14-12(15(11)13)7-10-18(14)9-2-8-17/h1,3-4,12,14H,2,5-10H2/t12-,14-/m1/s1. The first-order chi connectivity index (χ1) is 8.81. The van der Waals surface area contributed by atoms with Crippen molar-refractivity contribution in [3.05, 3.63) is 33.8 Å². The van der Waals surface area contributed by atoms with Crippen molar-refractivity contribution in [3.8, 4) is 0 Å². The molecule has 0 amide bonds. The number of fused-ring (bicyclic) bond motifs is 3. The van der Waals surface area contributed by atoms with Gasteiger partial charge in [-0.25, -0.2) is 0 Å². The highest BCUT2D eigenvalue weighted by Gasteiger charge is 2.38. The van der Waals surface area contributed by atoms with E-state index in [9.17, 15) is 0 Å². The summed E-state index contributed by atoms with van der Waals surface area (Å²) in [6, 6.07) is 7.42.